The summed E-state index contributed by atoms with van der Waals surface area (Å²) in [6.45, 7) is 7.86. The van der Waals surface area contributed by atoms with Crippen LogP contribution in [0.5, 0.6) is 0 Å². The molecule has 3 nitrogen and oxygen atoms in total. The van der Waals surface area contributed by atoms with Crippen LogP contribution in [-0.2, 0) is 13.0 Å². The van der Waals surface area contributed by atoms with E-state index in [-0.39, 0.29) is 0 Å². The zero-order chi connectivity index (χ0) is 13.9. The zero-order valence-electron chi connectivity index (χ0n) is 12.6. The predicted octanol–water partition coefficient (Wildman–Crippen LogP) is 3.03. The van der Waals surface area contributed by atoms with E-state index < -0.39 is 5.60 Å². The first-order valence-electron chi connectivity index (χ1n) is 7.64. The number of aliphatic hydroxyl groups is 1. The Morgan fingerprint density at radius 3 is 2.84 bits per heavy atom. The number of aryl methyl sites for hydroxylation is 2. The minimum Gasteiger partial charge on any atom is -0.390 e. The molecule has 0 bridgehead atoms. The Hall–Kier alpha value is -0.800. The van der Waals surface area contributed by atoms with Crippen LogP contribution in [0.15, 0.2) is 12.4 Å². The Balaban J connectivity index is 2.11. The quantitative estimate of drug-likeness (QED) is 0.802. The number of nitrogens with zero attached hydrogens (tertiary/aromatic N) is 1. The maximum atomic E-state index is 9.84. The molecule has 0 aromatic carbocycles. The lowest BCUT2D eigenvalue weighted by Crippen LogP contribution is -2.21. The molecule has 1 aliphatic rings. The molecule has 19 heavy (non-hydrogen) atoms. The molecule has 1 unspecified atom stereocenters. The fourth-order valence-electron chi connectivity index (χ4n) is 2.91. The van der Waals surface area contributed by atoms with Crippen molar-refractivity contribution in [1.82, 2.24) is 9.88 Å². The van der Waals surface area contributed by atoms with Crippen LogP contribution >= 0.6 is 0 Å². The Kier molecular flexibility index (Phi) is 4.69. The van der Waals surface area contributed by atoms with Gasteiger partial charge in [0, 0.05) is 25.0 Å². The minimum atomic E-state index is -0.581. The molecule has 2 rings (SSSR count). The number of hydrogen-bond donors (Lipinski definition) is 2. The van der Waals surface area contributed by atoms with Crippen molar-refractivity contribution >= 4 is 0 Å². The van der Waals surface area contributed by atoms with Crippen molar-refractivity contribution in [3.63, 3.8) is 0 Å². The first kappa shape index (κ1) is 14.6. The number of rotatable bonds is 5. The van der Waals surface area contributed by atoms with Crippen LogP contribution < -0.4 is 5.32 Å². The van der Waals surface area contributed by atoms with Crippen molar-refractivity contribution in [2.24, 2.45) is 0 Å². The van der Waals surface area contributed by atoms with Crippen molar-refractivity contribution in [3.8, 4) is 0 Å². The van der Waals surface area contributed by atoms with Gasteiger partial charge in [-0.05, 0) is 57.2 Å². The van der Waals surface area contributed by atoms with E-state index in [9.17, 15) is 5.11 Å². The fourth-order valence-corrected chi connectivity index (χ4v) is 2.91. The number of hydrogen-bond acceptors (Lipinski definition) is 2. The van der Waals surface area contributed by atoms with Gasteiger partial charge in [-0.25, -0.2) is 0 Å². The summed E-state index contributed by atoms with van der Waals surface area (Å²) in [7, 11) is 0. The first-order valence-corrected chi connectivity index (χ1v) is 7.64. The van der Waals surface area contributed by atoms with Crippen LogP contribution in [0.3, 0.4) is 0 Å². The summed E-state index contributed by atoms with van der Waals surface area (Å²) >= 11 is 0. The van der Waals surface area contributed by atoms with Crippen LogP contribution in [0.25, 0.3) is 0 Å². The standard InChI is InChI=1S/C16H28N2O/c1-4-17-15-8-6-5-7-13-11-18(12-14(13)15)10-9-16(2,3)19/h11-12,15,17,19H,4-10H2,1-3H3. The van der Waals surface area contributed by atoms with Crippen LogP contribution in [-0.4, -0.2) is 21.8 Å². The molecule has 0 fully saturated rings. The van der Waals surface area contributed by atoms with Gasteiger partial charge in [0.25, 0.3) is 0 Å². The van der Waals surface area contributed by atoms with E-state index in [1.165, 1.54) is 36.8 Å². The molecule has 3 heteroatoms. The van der Waals surface area contributed by atoms with Crippen LogP contribution in [0.4, 0.5) is 0 Å². The lowest BCUT2D eigenvalue weighted by atomic mass is 10.0. The van der Waals surface area contributed by atoms with Gasteiger partial charge in [-0.2, -0.15) is 0 Å². The number of aromatic nitrogens is 1. The van der Waals surface area contributed by atoms with Crippen molar-refractivity contribution in [3.05, 3.63) is 23.5 Å². The number of fused-ring (bicyclic) bond motifs is 1. The Morgan fingerprint density at radius 1 is 1.37 bits per heavy atom. The third kappa shape index (κ3) is 4.08. The molecule has 1 aliphatic carbocycles. The smallest absolute Gasteiger partial charge is 0.0608 e. The van der Waals surface area contributed by atoms with E-state index in [1.54, 1.807) is 0 Å². The highest BCUT2D eigenvalue weighted by atomic mass is 16.3. The molecule has 1 atom stereocenters. The molecule has 0 saturated carbocycles. The summed E-state index contributed by atoms with van der Waals surface area (Å²) in [5.74, 6) is 0. The Labute approximate surface area is 117 Å². The summed E-state index contributed by atoms with van der Waals surface area (Å²) in [5.41, 5.74) is 2.40. The second-order valence-corrected chi connectivity index (χ2v) is 6.40. The second-order valence-electron chi connectivity index (χ2n) is 6.40. The van der Waals surface area contributed by atoms with Crippen molar-refractivity contribution < 1.29 is 5.11 Å². The SMILES string of the molecule is CCNC1CCCCc2cn(CCC(C)(C)O)cc21. The van der Waals surface area contributed by atoms with Crippen molar-refractivity contribution in [2.45, 2.75) is 71.1 Å². The predicted molar refractivity (Wildman–Crippen MR) is 79.3 cm³/mol. The van der Waals surface area contributed by atoms with Crippen LogP contribution in [0.2, 0.25) is 0 Å². The lowest BCUT2D eigenvalue weighted by Gasteiger charge is -2.17. The van der Waals surface area contributed by atoms with Gasteiger partial charge in [0.15, 0.2) is 0 Å². The normalized spacial score (nSPS) is 20.1. The maximum Gasteiger partial charge on any atom is 0.0608 e. The lowest BCUT2D eigenvalue weighted by molar-refractivity contribution is 0.0662. The van der Waals surface area contributed by atoms with E-state index in [2.05, 4.69) is 29.2 Å². The van der Waals surface area contributed by atoms with Gasteiger partial charge in [-0.3, -0.25) is 0 Å². The first-order chi connectivity index (χ1) is 8.99. The highest BCUT2D eigenvalue weighted by molar-refractivity contribution is 5.29. The summed E-state index contributed by atoms with van der Waals surface area (Å²) < 4.78 is 2.26. The van der Waals surface area contributed by atoms with Crippen LogP contribution in [0, 0.1) is 0 Å². The second kappa shape index (κ2) is 6.10. The topological polar surface area (TPSA) is 37.2 Å². The van der Waals surface area contributed by atoms with Gasteiger partial charge in [-0.15, -0.1) is 0 Å². The van der Waals surface area contributed by atoms with Gasteiger partial charge in [0.1, 0.15) is 0 Å². The molecule has 1 aromatic rings. The highest BCUT2D eigenvalue weighted by Gasteiger charge is 2.20. The monoisotopic (exact) mass is 264 g/mol. The van der Waals surface area contributed by atoms with E-state index in [1.807, 2.05) is 13.8 Å². The zero-order valence-corrected chi connectivity index (χ0v) is 12.6. The third-order valence-electron chi connectivity index (χ3n) is 3.99. The van der Waals surface area contributed by atoms with E-state index in [4.69, 9.17) is 0 Å². The largest absolute Gasteiger partial charge is 0.390 e. The molecule has 1 aromatic heterocycles. The molecule has 0 spiro atoms. The van der Waals surface area contributed by atoms with E-state index in [0.29, 0.717) is 6.04 Å². The molecular formula is C16H28N2O. The van der Waals surface area contributed by atoms with E-state index >= 15 is 0 Å². The highest BCUT2D eigenvalue weighted by Crippen LogP contribution is 2.29. The van der Waals surface area contributed by atoms with Crippen LogP contribution in [0.1, 0.15) is 63.6 Å². The van der Waals surface area contributed by atoms with Gasteiger partial charge in [0.2, 0.25) is 0 Å². The summed E-state index contributed by atoms with van der Waals surface area (Å²) in [5, 5.41) is 13.4. The van der Waals surface area contributed by atoms with Crippen molar-refractivity contribution in [2.75, 3.05) is 6.54 Å². The Morgan fingerprint density at radius 2 is 2.16 bits per heavy atom. The molecular weight excluding hydrogens is 236 g/mol. The molecule has 0 amide bonds. The maximum absolute atomic E-state index is 9.84. The molecule has 0 saturated heterocycles. The summed E-state index contributed by atoms with van der Waals surface area (Å²) in [4.78, 5) is 0. The minimum absolute atomic E-state index is 0.519. The number of nitrogens with one attached hydrogen (secondary N) is 1. The molecule has 108 valence electrons. The Bertz CT molecular complexity index is 403. The van der Waals surface area contributed by atoms with Crippen molar-refractivity contribution in [1.29, 1.82) is 0 Å². The molecule has 1 heterocycles. The van der Waals surface area contributed by atoms with Gasteiger partial charge in [-0.1, -0.05) is 13.3 Å². The molecule has 0 radical (unpaired) electrons. The van der Waals surface area contributed by atoms with E-state index in [0.717, 1.165) is 19.5 Å². The van der Waals surface area contributed by atoms with Gasteiger partial charge in [0.05, 0.1) is 5.60 Å². The third-order valence-corrected chi connectivity index (χ3v) is 3.99. The molecule has 0 aliphatic heterocycles. The van der Waals surface area contributed by atoms with Gasteiger partial charge < -0.3 is 15.0 Å². The van der Waals surface area contributed by atoms with Gasteiger partial charge >= 0.3 is 0 Å². The molecule has 2 N–H and O–H groups in total. The summed E-state index contributed by atoms with van der Waals surface area (Å²) in [6.07, 6.45) is 10.4. The average Bonchev–Trinajstić information content (AvgIpc) is 2.65. The fraction of sp³-hybridized carbons (Fsp3) is 0.750. The average molecular weight is 264 g/mol. The summed E-state index contributed by atoms with van der Waals surface area (Å²) in [6, 6.07) is 0.519.